The molecule has 0 aliphatic rings. The summed E-state index contributed by atoms with van der Waals surface area (Å²) in [5, 5.41) is 11.8. The monoisotopic (exact) mass is 253 g/mol. The Hall–Kier alpha value is -2.82. The molecule has 0 atom stereocenters. The normalized spacial score (nSPS) is 10.7. The van der Waals surface area contributed by atoms with Crippen molar-refractivity contribution in [3.8, 4) is 11.1 Å². The van der Waals surface area contributed by atoms with E-state index in [0.717, 1.165) is 22.0 Å². The summed E-state index contributed by atoms with van der Waals surface area (Å²) in [5.41, 5.74) is 8.72. The Morgan fingerprint density at radius 1 is 1.05 bits per heavy atom. The summed E-state index contributed by atoms with van der Waals surface area (Å²) in [7, 11) is 0. The summed E-state index contributed by atoms with van der Waals surface area (Å²) >= 11 is 0. The first-order valence-corrected chi connectivity index (χ1v) is 5.76. The summed E-state index contributed by atoms with van der Waals surface area (Å²) in [6, 6.07) is 12.7. The summed E-state index contributed by atoms with van der Waals surface area (Å²) in [6.45, 7) is 0. The second-order valence-electron chi connectivity index (χ2n) is 4.31. The first-order valence-electron chi connectivity index (χ1n) is 5.76. The number of benzene rings is 2. The Bertz CT molecular complexity index is 777. The first kappa shape index (κ1) is 11.3. The van der Waals surface area contributed by atoms with Crippen LogP contribution in [-0.4, -0.2) is 9.91 Å². The Morgan fingerprint density at radius 2 is 1.79 bits per heavy atom. The van der Waals surface area contributed by atoms with Crippen molar-refractivity contribution in [3.63, 3.8) is 0 Å². The number of nitrogen functional groups attached to an aromatic ring is 1. The van der Waals surface area contributed by atoms with Crippen molar-refractivity contribution < 1.29 is 4.92 Å². The maximum Gasteiger partial charge on any atom is 0.292 e. The van der Waals surface area contributed by atoms with Gasteiger partial charge in [-0.15, -0.1) is 0 Å². The minimum absolute atomic E-state index is 0.0635. The maximum atomic E-state index is 10.7. The minimum atomic E-state index is -0.478. The predicted molar refractivity (Wildman–Crippen MR) is 74.8 cm³/mol. The summed E-state index contributed by atoms with van der Waals surface area (Å²) in [4.78, 5) is 13.4. The number of H-pyrrole nitrogens is 1. The second kappa shape index (κ2) is 4.13. The molecular formula is C14H11N3O2. The van der Waals surface area contributed by atoms with Gasteiger partial charge >= 0.3 is 0 Å². The van der Waals surface area contributed by atoms with E-state index < -0.39 is 4.92 Å². The second-order valence-corrected chi connectivity index (χ2v) is 4.31. The van der Waals surface area contributed by atoms with Crippen LogP contribution in [0.3, 0.4) is 0 Å². The van der Waals surface area contributed by atoms with E-state index in [4.69, 9.17) is 5.73 Å². The van der Waals surface area contributed by atoms with E-state index in [1.54, 1.807) is 12.1 Å². The molecule has 5 nitrogen and oxygen atoms in total. The van der Waals surface area contributed by atoms with E-state index in [9.17, 15) is 10.1 Å². The Labute approximate surface area is 108 Å². The highest BCUT2D eigenvalue weighted by molar-refractivity contribution is 5.86. The van der Waals surface area contributed by atoms with Crippen LogP contribution in [0.25, 0.3) is 22.0 Å². The highest BCUT2D eigenvalue weighted by Crippen LogP contribution is 2.29. The third-order valence-corrected chi connectivity index (χ3v) is 3.11. The Balaban J connectivity index is 2.10. The number of hydrogen-bond acceptors (Lipinski definition) is 3. The van der Waals surface area contributed by atoms with Gasteiger partial charge in [-0.05, 0) is 46.8 Å². The van der Waals surface area contributed by atoms with Gasteiger partial charge in [-0.2, -0.15) is 0 Å². The quantitative estimate of drug-likeness (QED) is 0.417. The molecule has 3 rings (SSSR count). The van der Waals surface area contributed by atoms with Gasteiger partial charge < -0.3 is 10.7 Å². The molecule has 0 radical (unpaired) electrons. The van der Waals surface area contributed by atoms with E-state index in [1.807, 2.05) is 30.5 Å². The zero-order valence-corrected chi connectivity index (χ0v) is 9.96. The van der Waals surface area contributed by atoms with Gasteiger partial charge in [0.15, 0.2) is 0 Å². The van der Waals surface area contributed by atoms with Crippen molar-refractivity contribution >= 4 is 22.3 Å². The summed E-state index contributed by atoms with van der Waals surface area (Å²) in [5.74, 6) is 0. The summed E-state index contributed by atoms with van der Waals surface area (Å²) in [6.07, 6.45) is 1.87. The van der Waals surface area contributed by atoms with E-state index in [0.29, 0.717) is 0 Å². The van der Waals surface area contributed by atoms with Crippen LogP contribution in [0.15, 0.2) is 48.7 Å². The van der Waals surface area contributed by atoms with Crippen LogP contribution in [-0.2, 0) is 0 Å². The number of nitrogens with one attached hydrogen (secondary N) is 1. The smallest absolute Gasteiger partial charge is 0.292 e. The molecule has 0 fully saturated rings. The van der Waals surface area contributed by atoms with Gasteiger partial charge in [0.1, 0.15) is 5.69 Å². The summed E-state index contributed by atoms with van der Waals surface area (Å²) < 4.78 is 0. The predicted octanol–water partition coefficient (Wildman–Crippen LogP) is 3.33. The number of nitrogens with zero attached hydrogens (tertiary/aromatic N) is 1. The third kappa shape index (κ3) is 1.91. The van der Waals surface area contributed by atoms with Crippen LogP contribution in [0, 0.1) is 10.1 Å². The molecular weight excluding hydrogens is 242 g/mol. The average molecular weight is 253 g/mol. The molecule has 5 heteroatoms. The lowest BCUT2D eigenvalue weighted by atomic mass is 10.0. The van der Waals surface area contributed by atoms with Crippen molar-refractivity contribution in [2.45, 2.75) is 0 Å². The van der Waals surface area contributed by atoms with Crippen molar-refractivity contribution in [1.82, 2.24) is 4.98 Å². The SMILES string of the molecule is Nc1cc(-c2ccc3[nH]ccc3c2)ccc1[N+](=O)[O-]. The third-order valence-electron chi connectivity index (χ3n) is 3.11. The molecule has 1 heterocycles. The Kier molecular flexibility index (Phi) is 2.45. The van der Waals surface area contributed by atoms with Crippen molar-refractivity contribution in [2.75, 3.05) is 5.73 Å². The molecule has 3 N–H and O–H groups in total. The Morgan fingerprint density at radius 3 is 2.53 bits per heavy atom. The molecule has 2 aromatic carbocycles. The topological polar surface area (TPSA) is 85.0 Å². The largest absolute Gasteiger partial charge is 0.393 e. The van der Waals surface area contributed by atoms with Gasteiger partial charge in [0.2, 0.25) is 0 Å². The fourth-order valence-corrected chi connectivity index (χ4v) is 2.13. The molecule has 0 aliphatic carbocycles. The maximum absolute atomic E-state index is 10.7. The fourth-order valence-electron chi connectivity index (χ4n) is 2.13. The van der Waals surface area contributed by atoms with Gasteiger partial charge in [0.05, 0.1) is 4.92 Å². The molecule has 0 amide bonds. The molecule has 0 aliphatic heterocycles. The van der Waals surface area contributed by atoms with Crippen LogP contribution in [0.1, 0.15) is 0 Å². The number of fused-ring (bicyclic) bond motifs is 1. The van der Waals surface area contributed by atoms with Crippen LogP contribution in [0.2, 0.25) is 0 Å². The number of aromatic amines is 1. The molecule has 0 saturated heterocycles. The lowest BCUT2D eigenvalue weighted by Gasteiger charge is -2.04. The molecule has 3 aromatic rings. The molecule has 0 bridgehead atoms. The van der Waals surface area contributed by atoms with Gasteiger partial charge in [0.25, 0.3) is 5.69 Å². The average Bonchev–Trinajstić information content (AvgIpc) is 2.85. The molecule has 0 saturated carbocycles. The lowest BCUT2D eigenvalue weighted by Crippen LogP contribution is -1.95. The molecule has 94 valence electrons. The fraction of sp³-hybridized carbons (Fsp3) is 0. The van der Waals surface area contributed by atoms with Gasteiger partial charge in [-0.25, -0.2) is 0 Å². The highest BCUT2D eigenvalue weighted by Gasteiger charge is 2.11. The van der Waals surface area contributed by atoms with Gasteiger partial charge in [0, 0.05) is 17.8 Å². The van der Waals surface area contributed by atoms with Crippen LogP contribution < -0.4 is 5.73 Å². The minimum Gasteiger partial charge on any atom is -0.393 e. The van der Waals surface area contributed by atoms with Gasteiger partial charge in [-0.3, -0.25) is 10.1 Å². The van der Waals surface area contributed by atoms with E-state index in [2.05, 4.69) is 4.98 Å². The number of anilines is 1. The number of nitro groups is 1. The van der Waals surface area contributed by atoms with E-state index >= 15 is 0 Å². The molecule has 0 spiro atoms. The standard InChI is InChI=1S/C14H11N3O2/c15-12-8-10(2-4-14(12)17(18)19)9-1-3-13-11(7-9)5-6-16-13/h1-8,16H,15H2. The van der Waals surface area contributed by atoms with Crippen molar-refractivity contribution in [1.29, 1.82) is 0 Å². The van der Waals surface area contributed by atoms with Crippen LogP contribution in [0.5, 0.6) is 0 Å². The van der Waals surface area contributed by atoms with Crippen LogP contribution in [0.4, 0.5) is 11.4 Å². The number of nitrogens with two attached hydrogens (primary N) is 1. The zero-order valence-electron chi connectivity index (χ0n) is 9.96. The zero-order chi connectivity index (χ0) is 13.4. The molecule has 19 heavy (non-hydrogen) atoms. The van der Waals surface area contributed by atoms with E-state index in [-0.39, 0.29) is 11.4 Å². The number of rotatable bonds is 2. The van der Waals surface area contributed by atoms with E-state index in [1.165, 1.54) is 6.07 Å². The van der Waals surface area contributed by atoms with Crippen molar-refractivity contribution in [3.05, 3.63) is 58.8 Å². The number of nitro benzene ring substituents is 1. The number of aromatic nitrogens is 1. The van der Waals surface area contributed by atoms with Crippen molar-refractivity contribution in [2.24, 2.45) is 0 Å². The lowest BCUT2D eigenvalue weighted by molar-refractivity contribution is -0.383. The molecule has 0 unspecified atom stereocenters. The van der Waals surface area contributed by atoms with Gasteiger partial charge in [-0.1, -0.05) is 6.07 Å². The van der Waals surface area contributed by atoms with Crippen LogP contribution >= 0.6 is 0 Å². The molecule has 1 aromatic heterocycles. The number of hydrogen-bond donors (Lipinski definition) is 2. The first-order chi connectivity index (χ1) is 9.15. The highest BCUT2D eigenvalue weighted by atomic mass is 16.6.